The van der Waals surface area contributed by atoms with Gasteiger partial charge in [0.15, 0.2) is 5.82 Å². The van der Waals surface area contributed by atoms with Crippen molar-refractivity contribution in [2.45, 2.75) is 24.7 Å². The highest BCUT2D eigenvalue weighted by atomic mass is 32.2. The first kappa shape index (κ1) is 20.2. The van der Waals surface area contributed by atoms with Crippen LogP contribution >= 0.6 is 11.3 Å². The number of amides is 1. The van der Waals surface area contributed by atoms with E-state index in [1.807, 2.05) is 17.5 Å². The number of benzene rings is 1. The third kappa shape index (κ3) is 5.47. The summed E-state index contributed by atoms with van der Waals surface area (Å²) >= 11 is 1.59. The number of nitrogens with zero attached hydrogens (tertiary/aromatic N) is 2. The fraction of sp³-hybridized carbons (Fsp3) is 0.278. The average Bonchev–Trinajstić information content (AvgIpc) is 3.33. The molecule has 0 aliphatic rings. The van der Waals surface area contributed by atoms with Crippen molar-refractivity contribution < 1.29 is 17.7 Å². The summed E-state index contributed by atoms with van der Waals surface area (Å²) in [6.07, 6.45) is 1.06. The number of rotatable bonds is 9. The minimum atomic E-state index is -3.61. The molecular formula is C18H20N4O4S2. The maximum absolute atomic E-state index is 12.3. The molecular weight excluding hydrogens is 400 g/mol. The molecule has 0 saturated carbocycles. The summed E-state index contributed by atoms with van der Waals surface area (Å²) in [7, 11) is -3.61. The largest absolute Gasteiger partial charge is 0.352 e. The molecule has 0 saturated heterocycles. The summed E-state index contributed by atoms with van der Waals surface area (Å²) in [4.78, 5) is 17.5. The van der Waals surface area contributed by atoms with Crippen LogP contribution in [0, 0.1) is 6.92 Å². The second kappa shape index (κ2) is 9.09. The fourth-order valence-corrected chi connectivity index (χ4v) is 4.20. The van der Waals surface area contributed by atoms with Crippen molar-refractivity contribution in [3.05, 3.63) is 63.9 Å². The Morgan fingerprint density at radius 3 is 2.57 bits per heavy atom. The van der Waals surface area contributed by atoms with Crippen molar-refractivity contribution in [2.75, 3.05) is 13.1 Å². The van der Waals surface area contributed by atoms with Gasteiger partial charge in [-0.15, -0.1) is 11.3 Å². The zero-order chi connectivity index (χ0) is 20.0. The van der Waals surface area contributed by atoms with Gasteiger partial charge in [-0.1, -0.05) is 11.2 Å². The minimum Gasteiger partial charge on any atom is -0.352 e. The van der Waals surface area contributed by atoms with E-state index in [1.165, 1.54) is 24.3 Å². The maximum Gasteiger partial charge on any atom is 0.251 e. The predicted octanol–water partition coefficient (Wildman–Crippen LogP) is 1.93. The van der Waals surface area contributed by atoms with E-state index in [4.69, 9.17) is 4.52 Å². The molecule has 8 nitrogen and oxygen atoms in total. The average molecular weight is 421 g/mol. The molecule has 1 amide bonds. The zero-order valence-electron chi connectivity index (χ0n) is 15.2. The number of sulfonamides is 1. The second-order valence-corrected chi connectivity index (χ2v) is 8.79. The topological polar surface area (TPSA) is 114 Å². The lowest BCUT2D eigenvalue weighted by atomic mass is 10.2. The summed E-state index contributed by atoms with van der Waals surface area (Å²) in [5.74, 6) is 0.695. The Labute approximate surface area is 167 Å². The van der Waals surface area contributed by atoms with Gasteiger partial charge in [-0.05, 0) is 49.1 Å². The third-order valence-corrected chi connectivity index (χ3v) is 6.28. The van der Waals surface area contributed by atoms with Crippen LogP contribution in [-0.2, 0) is 22.9 Å². The van der Waals surface area contributed by atoms with Crippen molar-refractivity contribution in [1.82, 2.24) is 20.2 Å². The van der Waals surface area contributed by atoms with Gasteiger partial charge in [0.2, 0.25) is 15.9 Å². The number of carbonyl (C=O) groups is 1. The predicted molar refractivity (Wildman–Crippen MR) is 105 cm³/mol. The molecule has 0 aliphatic heterocycles. The van der Waals surface area contributed by atoms with Crippen LogP contribution in [0.15, 0.2) is 51.2 Å². The minimum absolute atomic E-state index is 0.122. The van der Waals surface area contributed by atoms with Crippen LogP contribution in [0.2, 0.25) is 0 Å². The summed E-state index contributed by atoms with van der Waals surface area (Å²) in [6, 6.07) is 9.71. The van der Waals surface area contributed by atoms with Crippen molar-refractivity contribution in [3.63, 3.8) is 0 Å². The molecule has 28 heavy (non-hydrogen) atoms. The maximum atomic E-state index is 12.3. The first-order valence-electron chi connectivity index (χ1n) is 8.63. The van der Waals surface area contributed by atoms with Gasteiger partial charge in [0.1, 0.15) is 0 Å². The molecule has 0 spiro atoms. The van der Waals surface area contributed by atoms with E-state index in [-0.39, 0.29) is 10.8 Å². The van der Waals surface area contributed by atoms with E-state index >= 15 is 0 Å². The molecule has 0 radical (unpaired) electrons. The Balaban J connectivity index is 1.50. The van der Waals surface area contributed by atoms with E-state index in [1.54, 1.807) is 18.3 Å². The third-order valence-electron chi connectivity index (χ3n) is 3.86. The van der Waals surface area contributed by atoms with Gasteiger partial charge in [-0.3, -0.25) is 4.79 Å². The van der Waals surface area contributed by atoms with Gasteiger partial charge in [0, 0.05) is 30.0 Å². The quantitative estimate of drug-likeness (QED) is 0.547. The van der Waals surface area contributed by atoms with Crippen LogP contribution in [0.4, 0.5) is 0 Å². The van der Waals surface area contributed by atoms with E-state index in [0.717, 1.165) is 4.88 Å². The fourth-order valence-electron chi connectivity index (χ4n) is 2.46. The van der Waals surface area contributed by atoms with E-state index in [2.05, 4.69) is 20.2 Å². The van der Waals surface area contributed by atoms with Crippen LogP contribution in [0.5, 0.6) is 0 Å². The lowest BCUT2D eigenvalue weighted by Gasteiger charge is -2.08. The van der Waals surface area contributed by atoms with Crippen molar-refractivity contribution in [1.29, 1.82) is 0 Å². The molecule has 3 rings (SSSR count). The summed E-state index contributed by atoms with van der Waals surface area (Å²) < 4.78 is 32.2. The highest BCUT2D eigenvalue weighted by Gasteiger charge is 2.15. The molecule has 2 heterocycles. The van der Waals surface area contributed by atoms with Crippen LogP contribution in [-0.4, -0.2) is 37.6 Å². The van der Waals surface area contributed by atoms with Crippen molar-refractivity contribution in [2.24, 2.45) is 0 Å². The normalized spacial score (nSPS) is 11.5. The molecule has 2 aromatic heterocycles. The van der Waals surface area contributed by atoms with E-state index < -0.39 is 10.0 Å². The standard InChI is InChI=1S/C18H20N4O4S2/c1-13-21-17(26-22-13)9-10-19-18(23)14-4-6-16(7-5-14)28(24,25)20-11-8-15-3-2-12-27-15/h2-7,12,20H,8-11H2,1H3,(H,19,23). The second-order valence-electron chi connectivity index (χ2n) is 5.99. The first-order chi connectivity index (χ1) is 13.4. The van der Waals surface area contributed by atoms with Gasteiger partial charge in [-0.2, -0.15) is 4.98 Å². The Morgan fingerprint density at radius 1 is 1.14 bits per heavy atom. The van der Waals surface area contributed by atoms with Gasteiger partial charge in [0.05, 0.1) is 4.90 Å². The van der Waals surface area contributed by atoms with Gasteiger partial charge < -0.3 is 9.84 Å². The number of nitrogens with one attached hydrogen (secondary N) is 2. The molecule has 3 aromatic rings. The monoisotopic (exact) mass is 420 g/mol. The smallest absolute Gasteiger partial charge is 0.251 e. The number of aryl methyl sites for hydroxylation is 1. The zero-order valence-corrected chi connectivity index (χ0v) is 16.8. The number of carbonyl (C=O) groups excluding carboxylic acids is 1. The molecule has 0 atom stereocenters. The van der Waals surface area contributed by atoms with Crippen LogP contribution in [0.1, 0.15) is 27.0 Å². The molecule has 1 aromatic carbocycles. The summed E-state index contributed by atoms with van der Waals surface area (Å²) in [5, 5.41) is 8.37. The molecule has 10 heteroatoms. The van der Waals surface area contributed by atoms with Crippen LogP contribution < -0.4 is 10.0 Å². The van der Waals surface area contributed by atoms with Crippen LogP contribution in [0.3, 0.4) is 0 Å². The molecule has 0 bridgehead atoms. The molecule has 0 fully saturated rings. The molecule has 0 aliphatic carbocycles. The Bertz CT molecular complexity index is 1010. The lowest BCUT2D eigenvalue weighted by Crippen LogP contribution is -2.27. The van der Waals surface area contributed by atoms with Crippen LogP contribution in [0.25, 0.3) is 0 Å². The Hall–Kier alpha value is -2.56. The van der Waals surface area contributed by atoms with E-state index in [0.29, 0.717) is 43.2 Å². The summed E-state index contributed by atoms with van der Waals surface area (Å²) in [6.45, 7) is 2.38. The SMILES string of the molecule is Cc1noc(CCNC(=O)c2ccc(S(=O)(=O)NCCc3cccs3)cc2)n1. The molecule has 148 valence electrons. The Morgan fingerprint density at radius 2 is 1.93 bits per heavy atom. The summed E-state index contributed by atoms with van der Waals surface area (Å²) in [5.41, 5.74) is 0.374. The van der Waals surface area contributed by atoms with Gasteiger partial charge >= 0.3 is 0 Å². The lowest BCUT2D eigenvalue weighted by molar-refractivity contribution is 0.0953. The first-order valence-corrected chi connectivity index (χ1v) is 11.0. The highest BCUT2D eigenvalue weighted by molar-refractivity contribution is 7.89. The Kier molecular flexibility index (Phi) is 6.55. The molecule has 2 N–H and O–H groups in total. The number of hydrogen-bond donors (Lipinski definition) is 2. The van der Waals surface area contributed by atoms with E-state index in [9.17, 15) is 13.2 Å². The van der Waals surface area contributed by atoms with Crippen molar-refractivity contribution in [3.8, 4) is 0 Å². The van der Waals surface area contributed by atoms with Crippen molar-refractivity contribution >= 4 is 27.3 Å². The number of thiophene rings is 1. The van der Waals surface area contributed by atoms with Gasteiger partial charge in [-0.25, -0.2) is 13.1 Å². The number of aromatic nitrogens is 2. The highest BCUT2D eigenvalue weighted by Crippen LogP contribution is 2.12. The molecule has 0 unspecified atom stereocenters. The number of hydrogen-bond acceptors (Lipinski definition) is 7. The van der Waals surface area contributed by atoms with Gasteiger partial charge in [0.25, 0.3) is 5.91 Å².